The number of rotatable bonds is 5. The van der Waals surface area contributed by atoms with Crippen LogP contribution >= 0.6 is 0 Å². The summed E-state index contributed by atoms with van der Waals surface area (Å²) in [7, 11) is 0. The van der Waals surface area contributed by atoms with Gasteiger partial charge in [0.1, 0.15) is 5.41 Å². The topological polar surface area (TPSA) is 90.7 Å². The molecule has 2 heterocycles. The molecule has 6 heteroatoms. The molecule has 6 nitrogen and oxygen atoms in total. The molecule has 0 bridgehead atoms. The Morgan fingerprint density at radius 3 is 2.78 bits per heavy atom. The van der Waals surface area contributed by atoms with Gasteiger partial charge in [-0.15, -0.1) is 0 Å². The molecule has 27 heavy (non-hydrogen) atoms. The van der Waals surface area contributed by atoms with Gasteiger partial charge in [-0.05, 0) is 37.3 Å². The number of aliphatic carboxylic acids is 1. The lowest BCUT2D eigenvalue weighted by Crippen LogP contribution is -2.57. The number of aliphatic hydroxyl groups is 1. The summed E-state index contributed by atoms with van der Waals surface area (Å²) in [5.41, 5.74) is -0.0733. The van der Waals surface area contributed by atoms with Crippen LogP contribution in [0, 0.1) is 11.3 Å². The van der Waals surface area contributed by atoms with Crippen molar-refractivity contribution >= 4 is 22.8 Å². The lowest BCUT2D eigenvalue weighted by molar-refractivity contribution is -0.163. The third-order valence-electron chi connectivity index (χ3n) is 5.50. The highest BCUT2D eigenvalue weighted by atomic mass is 16.4. The van der Waals surface area contributed by atoms with Crippen LogP contribution in [0.2, 0.25) is 0 Å². The van der Waals surface area contributed by atoms with Gasteiger partial charge in [-0.2, -0.15) is 0 Å². The van der Waals surface area contributed by atoms with Crippen molar-refractivity contribution in [3.63, 3.8) is 0 Å². The Balaban J connectivity index is 1.86. The number of para-hydroxylation sites is 1. The Morgan fingerprint density at radius 1 is 1.33 bits per heavy atom. The largest absolute Gasteiger partial charge is 0.481 e. The highest BCUT2D eigenvalue weighted by molar-refractivity contribution is 5.97. The van der Waals surface area contributed by atoms with E-state index in [-0.39, 0.29) is 18.9 Å². The summed E-state index contributed by atoms with van der Waals surface area (Å²) in [6.45, 7) is 4.40. The van der Waals surface area contributed by atoms with E-state index in [4.69, 9.17) is 0 Å². The molecule has 1 aliphatic heterocycles. The van der Waals surface area contributed by atoms with Crippen LogP contribution in [-0.2, 0) is 4.79 Å². The number of likely N-dealkylation sites (tertiary alicyclic amines) is 1. The SMILES string of the molecule is CC(C)CC[C@@]1(C(=O)O)CN(C(=O)c2cnc3ccccc3c2)CC[C@@H]1O. The number of nitrogens with zero attached hydrogens (tertiary/aromatic N) is 2. The monoisotopic (exact) mass is 370 g/mol. The van der Waals surface area contributed by atoms with E-state index in [9.17, 15) is 19.8 Å². The summed E-state index contributed by atoms with van der Waals surface area (Å²) in [4.78, 5) is 31.0. The minimum absolute atomic E-state index is 0.0158. The Hall–Kier alpha value is -2.47. The van der Waals surface area contributed by atoms with E-state index in [1.807, 2.05) is 38.1 Å². The Bertz CT molecular complexity index is 851. The summed E-state index contributed by atoms with van der Waals surface area (Å²) in [6.07, 6.45) is 1.88. The van der Waals surface area contributed by atoms with Gasteiger partial charge in [0.2, 0.25) is 0 Å². The highest BCUT2D eigenvalue weighted by Gasteiger charge is 2.49. The first-order chi connectivity index (χ1) is 12.8. The summed E-state index contributed by atoms with van der Waals surface area (Å²) >= 11 is 0. The van der Waals surface area contributed by atoms with E-state index in [1.165, 1.54) is 6.20 Å². The second-order valence-corrected chi connectivity index (χ2v) is 7.84. The molecule has 2 aromatic rings. The molecule has 144 valence electrons. The van der Waals surface area contributed by atoms with Crippen LogP contribution in [0.25, 0.3) is 10.9 Å². The zero-order chi connectivity index (χ0) is 19.6. The number of amides is 1. The molecule has 2 atom stereocenters. The normalized spacial score (nSPS) is 23.0. The van der Waals surface area contributed by atoms with Gasteiger partial charge in [0.05, 0.1) is 17.2 Å². The standard InChI is InChI=1S/C21H26N2O4/c1-14(2)7-9-21(20(26)27)13-23(10-8-18(21)24)19(25)16-11-15-5-3-4-6-17(15)22-12-16/h3-6,11-12,14,18,24H,7-10,13H2,1-2H3,(H,26,27)/t18-,21+/m0/s1. The summed E-state index contributed by atoms with van der Waals surface area (Å²) in [5.74, 6) is -0.954. The van der Waals surface area contributed by atoms with Gasteiger partial charge in [-0.25, -0.2) is 0 Å². The molecule has 0 unspecified atom stereocenters. The molecule has 0 saturated carbocycles. The fraction of sp³-hybridized carbons (Fsp3) is 0.476. The number of aromatic nitrogens is 1. The van der Waals surface area contributed by atoms with Crippen molar-refractivity contribution in [1.82, 2.24) is 9.88 Å². The van der Waals surface area contributed by atoms with Crippen molar-refractivity contribution in [1.29, 1.82) is 0 Å². The highest BCUT2D eigenvalue weighted by Crippen LogP contribution is 2.37. The maximum atomic E-state index is 13.0. The van der Waals surface area contributed by atoms with Gasteiger partial charge in [-0.3, -0.25) is 14.6 Å². The number of hydrogen-bond donors (Lipinski definition) is 2. The summed E-state index contributed by atoms with van der Waals surface area (Å²) in [6, 6.07) is 9.33. The third kappa shape index (κ3) is 3.81. The van der Waals surface area contributed by atoms with Crippen LogP contribution in [-0.4, -0.2) is 51.2 Å². The second-order valence-electron chi connectivity index (χ2n) is 7.84. The molecule has 3 rings (SSSR count). The number of carboxylic acid groups (broad SMARTS) is 1. The average molecular weight is 370 g/mol. The number of carbonyl (C=O) groups excluding carboxylic acids is 1. The van der Waals surface area contributed by atoms with Crippen molar-refractivity contribution in [2.75, 3.05) is 13.1 Å². The molecule has 1 amide bonds. The molecule has 1 aliphatic rings. The number of pyridine rings is 1. The second kappa shape index (κ2) is 7.64. The lowest BCUT2D eigenvalue weighted by atomic mass is 9.72. The maximum absolute atomic E-state index is 13.0. The average Bonchev–Trinajstić information content (AvgIpc) is 2.66. The first-order valence-electron chi connectivity index (χ1n) is 9.39. The van der Waals surface area contributed by atoms with Gasteiger partial charge in [-0.1, -0.05) is 32.0 Å². The predicted molar refractivity (Wildman–Crippen MR) is 102 cm³/mol. The van der Waals surface area contributed by atoms with Crippen molar-refractivity contribution in [3.05, 3.63) is 42.1 Å². The lowest BCUT2D eigenvalue weighted by Gasteiger charge is -2.43. The van der Waals surface area contributed by atoms with Crippen molar-refractivity contribution in [2.45, 2.75) is 39.2 Å². The first kappa shape index (κ1) is 19.3. The molecular weight excluding hydrogens is 344 g/mol. The van der Waals surface area contributed by atoms with E-state index in [2.05, 4.69) is 4.98 Å². The van der Waals surface area contributed by atoms with Gasteiger partial charge in [0.15, 0.2) is 0 Å². The predicted octanol–water partition coefficient (Wildman–Crippen LogP) is 2.95. The Labute approximate surface area is 158 Å². The number of benzene rings is 1. The molecule has 0 spiro atoms. The zero-order valence-corrected chi connectivity index (χ0v) is 15.8. The van der Waals surface area contributed by atoms with E-state index in [0.717, 1.165) is 10.9 Å². The minimum atomic E-state index is -1.32. The number of fused-ring (bicyclic) bond motifs is 1. The molecule has 1 aromatic carbocycles. The number of carboxylic acids is 1. The summed E-state index contributed by atoms with van der Waals surface area (Å²) < 4.78 is 0. The van der Waals surface area contributed by atoms with E-state index >= 15 is 0 Å². The van der Waals surface area contributed by atoms with Crippen LogP contribution in [0.5, 0.6) is 0 Å². The van der Waals surface area contributed by atoms with E-state index in [0.29, 0.717) is 30.9 Å². The number of hydrogen-bond acceptors (Lipinski definition) is 4. The number of aliphatic hydroxyl groups excluding tert-OH is 1. The molecule has 2 N–H and O–H groups in total. The maximum Gasteiger partial charge on any atom is 0.314 e. The fourth-order valence-corrected chi connectivity index (χ4v) is 3.73. The van der Waals surface area contributed by atoms with E-state index < -0.39 is 17.5 Å². The van der Waals surface area contributed by atoms with Gasteiger partial charge in [0.25, 0.3) is 5.91 Å². The Kier molecular flexibility index (Phi) is 5.46. The minimum Gasteiger partial charge on any atom is -0.481 e. The number of piperidine rings is 1. The number of carbonyl (C=O) groups is 2. The molecule has 0 radical (unpaired) electrons. The zero-order valence-electron chi connectivity index (χ0n) is 15.8. The van der Waals surface area contributed by atoms with Crippen LogP contribution in [0.3, 0.4) is 0 Å². The van der Waals surface area contributed by atoms with Crippen LogP contribution < -0.4 is 0 Å². The molecule has 1 fully saturated rings. The van der Waals surface area contributed by atoms with E-state index in [1.54, 1.807) is 11.0 Å². The molecule has 1 aromatic heterocycles. The van der Waals surface area contributed by atoms with Crippen LogP contribution in [0.15, 0.2) is 36.5 Å². The van der Waals surface area contributed by atoms with Crippen molar-refractivity contribution in [2.24, 2.45) is 11.3 Å². The van der Waals surface area contributed by atoms with Gasteiger partial charge >= 0.3 is 5.97 Å². The van der Waals surface area contributed by atoms with Gasteiger partial charge < -0.3 is 15.1 Å². The Morgan fingerprint density at radius 2 is 2.07 bits per heavy atom. The van der Waals surface area contributed by atoms with Crippen molar-refractivity contribution < 1.29 is 19.8 Å². The molecular formula is C21H26N2O4. The first-order valence-corrected chi connectivity index (χ1v) is 9.39. The summed E-state index contributed by atoms with van der Waals surface area (Å²) in [5, 5.41) is 21.2. The quantitative estimate of drug-likeness (QED) is 0.844. The van der Waals surface area contributed by atoms with Crippen LogP contribution in [0.4, 0.5) is 0 Å². The van der Waals surface area contributed by atoms with Crippen molar-refractivity contribution in [3.8, 4) is 0 Å². The molecule has 0 aliphatic carbocycles. The molecule has 1 saturated heterocycles. The van der Waals surface area contributed by atoms with Crippen LogP contribution in [0.1, 0.15) is 43.5 Å². The van der Waals surface area contributed by atoms with Gasteiger partial charge in [0, 0.05) is 24.7 Å². The fourth-order valence-electron chi connectivity index (χ4n) is 3.73. The third-order valence-corrected chi connectivity index (χ3v) is 5.50. The smallest absolute Gasteiger partial charge is 0.314 e.